The van der Waals surface area contributed by atoms with Crippen molar-refractivity contribution in [2.24, 2.45) is 0 Å². The molecule has 166 valence electrons. The van der Waals surface area contributed by atoms with Gasteiger partial charge >= 0.3 is 5.97 Å². The van der Waals surface area contributed by atoms with Crippen LogP contribution in [0.5, 0.6) is 0 Å². The maximum atomic E-state index is 12.1. The molecule has 0 aliphatic heterocycles. The van der Waals surface area contributed by atoms with E-state index in [0.29, 0.717) is 19.4 Å². The molecule has 0 fully saturated rings. The van der Waals surface area contributed by atoms with Gasteiger partial charge in [-0.2, -0.15) is 0 Å². The van der Waals surface area contributed by atoms with E-state index in [0.717, 1.165) is 19.3 Å². The predicted molar refractivity (Wildman–Crippen MR) is 115 cm³/mol. The van der Waals surface area contributed by atoms with Crippen molar-refractivity contribution in [3.05, 3.63) is 0 Å². The van der Waals surface area contributed by atoms with E-state index < -0.39 is 5.97 Å². The molecular formula is C23H45NO4. The van der Waals surface area contributed by atoms with E-state index in [1.165, 1.54) is 81.9 Å². The zero-order valence-electron chi connectivity index (χ0n) is 18.3. The average molecular weight is 400 g/mol. The number of carboxylic acid groups (broad SMARTS) is 1. The van der Waals surface area contributed by atoms with Gasteiger partial charge in [0.15, 0.2) is 0 Å². The van der Waals surface area contributed by atoms with Crippen LogP contribution in [0, 0.1) is 0 Å². The van der Waals surface area contributed by atoms with Crippen LogP contribution < -0.4 is 0 Å². The Morgan fingerprint density at radius 3 is 1.50 bits per heavy atom. The van der Waals surface area contributed by atoms with Crippen LogP contribution in [0.3, 0.4) is 0 Å². The van der Waals surface area contributed by atoms with Gasteiger partial charge in [0.25, 0.3) is 0 Å². The van der Waals surface area contributed by atoms with E-state index in [2.05, 4.69) is 6.92 Å². The number of aliphatic hydroxyl groups is 1. The quantitative estimate of drug-likeness (QED) is 0.248. The fourth-order valence-corrected chi connectivity index (χ4v) is 3.52. The smallest absolute Gasteiger partial charge is 0.323 e. The molecule has 0 spiro atoms. The number of amides is 1. The van der Waals surface area contributed by atoms with Crippen LogP contribution in [-0.2, 0) is 9.59 Å². The van der Waals surface area contributed by atoms with E-state index in [1.54, 1.807) is 0 Å². The van der Waals surface area contributed by atoms with Crippen LogP contribution in [0.25, 0.3) is 0 Å². The van der Waals surface area contributed by atoms with Crippen molar-refractivity contribution in [1.29, 1.82) is 0 Å². The zero-order valence-corrected chi connectivity index (χ0v) is 18.3. The maximum Gasteiger partial charge on any atom is 0.323 e. The second kappa shape index (κ2) is 20.6. The molecule has 0 atom stereocenters. The highest BCUT2D eigenvalue weighted by Gasteiger charge is 2.15. The lowest BCUT2D eigenvalue weighted by molar-refractivity contribution is -0.144. The van der Waals surface area contributed by atoms with E-state index in [1.807, 2.05) is 0 Å². The zero-order chi connectivity index (χ0) is 20.9. The summed E-state index contributed by atoms with van der Waals surface area (Å²) in [6.07, 6.45) is 20.1. The SMILES string of the molecule is CCCCCCCCCCCCCCCCCC(=O)N(CCCO)CC(=O)O. The molecular weight excluding hydrogens is 354 g/mol. The van der Waals surface area contributed by atoms with Crippen LogP contribution in [0.1, 0.15) is 116 Å². The van der Waals surface area contributed by atoms with Crippen molar-refractivity contribution in [3.8, 4) is 0 Å². The molecule has 5 heteroatoms. The maximum absolute atomic E-state index is 12.1. The summed E-state index contributed by atoms with van der Waals surface area (Å²) in [4.78, 5) is 24.3. The summed E-state index contributed by atoms with van der Waals surface area (Å²) < 4.78 is 0. The van der Waals surface area contributed by atoms with Crippen molar-refractivity contribution in [3.63, 3.8) is 0 Å². The third kappa shape index (κ3) is 18.3. The van der Waals surface area contributed by atoms with Crippen molar-refractivity contribution >= 4 is 11.9 Å². The molecule has 0 heterocycles. The summed E-state index contributed by atoms with van der Waals surface area (Å²) >= 11 is 0. The van der Waals surface area contributed by atoms with Crippen LogP contribution in [0.2, 0.25) is 0 Å². The Morgan fingerprint density at radius 2 is 1.11 bits per heavy atom. The molecule has 28 heavy (non-hydrogen) atoms. The Bertz CT molecular complexity index is 374. The van der Waals surface area contributed by atoms with E-state index in [-0.39, 0.29) is 19.1 Å². The number of nitrogens with zero attached hydrogens (tertiary/aromatic N) is 1. The van der Waals surface area contributed by atoms with Gasteiger partial charge in [-0.3, -0.25) is 9.59 Å². The molecule has 0 radical (unpaired) electrons. The molecule has 0 bridgehead atoms. The Labute approximate surface area is 172 Å². The number of aliphatic carboxylic acids is 1. The standard InChI is InChI=1S/C23H45NO4/c1-2-3-4-5-6-7-8-9-10-11-12-13-14-15-16-18-22(26)24(19-17-20-25)21-23(27)28/h25H,2-21H2,1H3,(H,27,28). The van der Waals surface area contributed by atoms with E-state index in [4.69, 9.17) is 10.2 Å². The molecule has 0 rings (SSSR count). The largest absolute Gasteiger partial charge is 0.480 e. The fourth-order valence-electron chi connectivity index (χ4n) is 3.52. The van der Waals surface area contributed by atoms with Gasteiger partial charge in [-0.1, -0.05) is 96.8 Å². The van der Waals surface area contributed by atoms with E-state index >= 15 is 0 Å². The average Bonchev–Trinajstić information content (AvgIpc) is 2.67. The Morgan fingerprint density at radius 1 is 0.679 bits per heavy atom. The third-order valence-electron chi connectivity index (χ3n) is 5.26. The lowest BCUT2D eigenvalue weighted by Crippen LogP contribution is -2.36. The second-order valence-corrected chi connectivity index (χ2v) is 7.99. The van der Waals surface area contributed by atoms with Crippen molar-refractivity contribution in [2.75, 3.05) is 19.7 Å². The summed E-state index contributed by atoms with van der Waals surface area (Å²) in [5, 5.41) is 17.7. The first-order valence-corrected chi connectivity index (χ1v) is 11.7. The lowest BCUT2D eigenvalue weighted by Gasteiger charge is -2.20. The van der Waals surface area contributed by atoms with Gasteiger partial charge < -0.3 is 15.1 Å². The Hall–Kier alpha value is -1.10. The topological polar surface area (TPSA) is 77.8 Å². The number of rotatable bonds is 21. The first-order chi connectivity index (χ1) is 13.6. The Balaban J connectivity index is 3.45. The minimum Gasteiger partial charge on any atom is -0.480 e. The molecule has 0 aliphatic rings. The van der Waals surface area contributed by atoms with Gasteiger partial charge in [-0.25, -0.2) is 0 Å². The van der Waals surface area contributed by atoms with Crippen LogP contribution >= 0.6 is 0 Å². The molecule has 0 aromatic rings. The summed E-state index contributed by atoms with van der Waals surface area (Å²) in [6.45, 7) is 2.29. The number of hydrogen-bond acceptors (Lipinski definition) is 3. The van der Waals surface area contributed by atoms with Gasteiger partial charge in [-0.05, 0) is 12.8 Å². The first kappa shape index (κ1) is 26.9. The summed E-state index contributed by atoms with van der Waals surface area (Å²) in [5.41, 5.74) is 0. The summed E-state index contributed by atoms with van der Waals surface area (Å²) in [6, 6.07) is 0. The Kier molecular flexibility index (Phi) is 19.8. The number of hydrogen-bond donors (Lipinski definition) is 2. The van der Waals surface area contributed by atoms with Crippen molar-refractivity contribution in [2.45, 2.75) is 116 Å². The van der Waals surface area contributed by atoms with Gasteiger partial charge in [0, 0.05) is 19.6 Å². The van der Waals surface area contributed by atoms with Crippen molar-refractivity contribution < 1.29 is 19.8 Å². The van der Waals surface area contributed by atoms with Crippen LogP contribution in [0.15, 0.2) is 0 Å². The molecule has 2 N–H and O–H groups in total. The van der Waals surface area contributed by atoms with Gasteiger partial charge in [0.2, 0.25) is 5.91 Å². The van der Waals surface area contributed by atoms with Crippen LogP contribution in [-0.4, -0.2) is 46.7 Å². The highest BCUT2D eigenvalue weighted by molar-refractivity contribution is 5.81. The second-order valence-electron chi connectivity index (χ2n) is 7.99. The first-order valence-electron chi connectivity index (χ1n) is 11.7. The van der Waals surface area contributed by atoms with Gasteiger partial charge in [0.05, 0.1) is 0 Å². The third-order valence-corrected chi connectivity index (χ3v) is 5.26. The molecule has 0 unspecified atom stereocenters. The predicted octanol–water partition coefficient (Wildman–Crippen LogP) is 5.54. The molecule has 0 aromatic heterocycles. The minimum absolute atomic E-state index is 0.0254. The number of carbonyl (C=O) groups is 2. The summed E-state index contributed by atoms with van der Waals surface area (Å²) in [7, 11) is 0. The molecule has 0 saturated heterocycles. The van der Waals surface area contributed by atoms with E-state index in [9.17, 15) is 9.59 Å². The number of carbonyl (C=O) groups excluding carboxylic acids is 1. The minimum atomic E-state index is -0.997. The van der Waals surface area contributed by atoms with Crippen LogP contribution in [0.4, 0.5) is 0 Å². The van der Waals surface area contributed by atoms with Gasteiger partial charge in [0.1, 0.15) is 6.54 Å². The number of unbranched alkanes of at least 4 members (excludes halogenated alkanes) is 14. The number of aliphatic hydroxyl groups excluding tert-OH is 1. The number of carboxylic acids is 1. The molecule has 1 amide bonds. The highest BCUT2D eigenvalue weighted by atomic mass is 16.4. The summed E-state index contributed by atoms with van der Waals surface area (Å²) in [5.74, 6) is -1.10. The monoisotopic (exact) mass is 399 g/mol. The normalized spacial score (nSPS) is 10.9. The van der Waals surface area contributed by atoms with Gasteiger partial charge in [-0.15, -0.1) is 0 Å². The molecule has 0 aromatic carbocycles. The molecule has 0 aliphatic carbocycles. The highest BCUT2D eigenvalue weighted by Crippen LogP contribution is 2.14. The fraction of sp³-hybridized carbons (Fsp3) is 0.913. The molecule has 0 saturated carbocycles. The lowest BCUT2D eigenvalue weighted by atomic mass is 10.0. The molecule has 5 nitrogen and oxygen atoms in total. The van der Waals surface area contributed by atoms with Crippen molar-refractivity contribution in [1.82, 2.24) is 4.90 Å².